The second-order valence-electron chi connectivity index (χ2n) is 5.63. The van der Waals surface area contributed by atoms with Crippen LogP contribution in [0.3, 0.4) is 0 Å². The van der Waals surface area contributed by atoms with Crippen molar-refractivity contribution in [2.75, 3.05) is 19.2 Å². The van der Waals surface area contributed by atoms with Gasteiger partial charge in [0.25, 0.3) is 0 Å². The molecule has 0 saturated carbocycles. The van der Waals surface area contributed by atoms with Gasteiger partial charge in [0.15, 0.2) is 11.5 Å². The maximum absolute atomic E-state index is 9.39. The summed E-state index contributed by atoms with van der Waals surface area (Å²) in [5, 5.41) is 12.6. The highest BCUT2D eigenvalue weighted by molar-refractivity contribution is 5.70. The average Bonchev–Trinajstić information content (AvgIpc) is 3.16. The standard InChI is InChI=1S/C20H15N3O3/c1-24-16-6-2-13(3-7-16)17-8-4-14(11-21)20(23-17)22-15-5-9-18-19(10-15)26-12-25-18/h2-10H,12H2,1H3,(H,22,23). The lowest BCUT2D eigenvalue weighted by atomic mass is 10.1. The van der Waals surface area contributed by atoms with E-state index in [-0.39, 0.29) is 6.79 Å². The minimum Gasteiger partial charge on any atom is -0.497 e. The summed E-state index contributed by atoms with van der Waals surface area (Å²) >= 11 is 0. The number of hydrogen-bond acceptors (Lipinski definition) is 6. The van der Waals surface area contributed by atoms with Gasteiger partial charge in [-0.05, 0) is 48.5 Å². The molecule has 0 unspecified atom stereocenters. The topological polar surface area (TPSA) is 76.4 Å². The van der Waals surface area contributed by atoms with Gasteiger partial charge in [0.05, 0.1) is 18.4 Å². The summed E-state index contributed by atoms with van der Waals surface area (Å²) in [7, 11) is 1.63. The number of pyridine rings is 1. The van der Waals surface area contributed by atoms with Crippen molar-refractivity contribution in [3.8, 4) is 34.6 Å². The van der Waals surface area contributed by atoms with E-state index < -0.39 is 0 Å². The molecule has 1 N–H and O–H groups in total. The van der Waals surface area contributed by atoms with Crippen LogP contribution in [0.25, 0.3) is 11.3 Å². The highest BCUT2D eigenvalue weighted by Gasteiger charge is 2.14. The van der Waals surface area contributed by atoms with Gasteiger partial charge in [0, 0.05) is 17.3 Å². The second kappa shape index (κ2) is 6.65. The zero-order chi connectivity index (χ0) is 17.9. The van der Waals surface area contributed by atoms with E-state index in [0.717, 1.165) is 22.7 Å². The molecule has 1 aliphatic rings. The zero-order valence-corrected chi connectivity index (χ0v) is 14.0. The van der Waals surface area contributed by atoms with E-state index in [1.54, 1.807) is 13.2 Å². The van der Waals surface area contributed by atoms with E-state index in [1.165, 1.54) is 0 Å². The van der Waals surface area contributed by atoms with E-state index in [4.69, 9.17) is 14.2 Å². The van der Waals surface area contributed by atoms with E-state index in [2.05, 4.69) is 16.4 Å². The Bertz CT molecular complexity index is 994. The highest BCUT2D eigenvalue weighted by Crippen LogP contribution is 2.35. The zero-order valence-electron chi connectivity index (χ0n) is 14.0. The summed E-state index contributed by atoms with van der Waals surface area (Å²) in [6.07, 6.45) is 0. The van der Waals surface area contributed by atoms with Gasteiger partial charge in [-0.2, -0.15) is 5.26 Å². The molecule has 1 aliphatic heterocycles. The number of methoxy groups -OCH3 is 1. The van der Waals surface area contributed by atoms with Crippen LogP contribution in [0.5, 0.6) is 17.2 Å². The quantitative estimate of drug-likeness (QED) is 0.767. The van der Waals surface area contributed by atoms with Crippen LogP contribution in [0.15, 0.2) is 54.6 Å². The van der Waals surface area contributed by atoms with Crippen LogP contribution in [0.2, 0.25) is 0 Å². The summed E-state index contributed by atoms with van der Waals surface area (Å²) in [5.41, 5.74) is 2.92. The van der Waals surface area contributed by atoms with E-state index in [1.807, 2.05) is 48.5 Å². The number of hydrogen-bond donors (Lipinski definition) is 1. The number of rotatable bonds is 4. The Morgan fingerprint density at radius 1 is 1.04 bits per heavy atom. The summed E-state index contributed by atoms with van der Waals surface area (Å²) < 4.78 is 15.9. The molecule has 6 nitrogen and oxygen atoms in total. The van der Waals surface area contributed by atoms with Crippen molar-refractivity contribution in [3.05, 3.63) is 60.2 Å². The monoisotopic (exact) mass is 345 g/mol. The Balaban J connectivity index is 1.67. The molecule has 0 amide bonds. The lowest BCUT2D eigenvalue weighted by Gasteiger charge is -2.10. The van der Waals surface area contributed by atoms with Crippen LogP contribution in [-0.2, 0) is 0 Å². The van der Waals surface area contributed by atoms with Gasteiger partial charge in [-0.1, -0.05) is 0 Å². The molecule has 0 radical (unpaired) electrons. The Labute approximate surface area is 150 Å². The molecular formula is C20H15N3O3. The highest BCUT2D eigenvalue weighted by atomic mass is 16.7. The normalized spacial score (nSPS) is 11.7. The third kappa shape index (κ3) is 2.98. The van der Waals surface area contributed by atoms with Crippen molar-refractivity contribution in [2.45, 2.75) is 0 Å². The molecule has 6 heteroatoms. The predicted molar refractivity (Wildman–Crippen MR) is 96.8 cm³/mol. The van der Waals surface area contributed by atoms with E-state index in [0.29, 0.717) is 22.9 Å². The van der Waals surface area contributed by atoms with Gasteiger partial charge >= 0.3 is 0 Å². The van der Waals surface area contributed by atoms with Crippen LogP contribution < -0.4 is 19.5 Å². The average molecular weight is 345 g/mol. The number of nitrogens with zero attached hydrogens (tertiary/aromatic N) is 2. The number of benzene rings is 2. The fourth-order valence-corrected chi connectivity index (χ4v) is 2.68. The fraction of sp³-hybridized carbons (Fsp3) is 0.100. The molecular weight excluding hydrogens is 330 g/mol. The van der Waals surface area contributed by atoms with Gasteiger partial charge in [-0.15, -0.1) is 0 Å². The first-order chi connectivity index (χ1) is 12.8. The van der Waals surface area contributed by atoms with Gasteiger partial charge in [-0.25, -0.2) is 4.98 Å². The Kier molecular flexibility index (Phi) is 4.04. The van der Waals surface area contributed by atoms with Crippen molar-refractivity contribution < 1.29 is 14.2 Å². The largest absolute Gasteiger partial charge is 0.497 e. The van der Waals surface area contributed by atoms with Gasteiger partial charge < -0.3 is 19.5 Å². The fourth-order valence-electron chi connectivity index (χ4n) is 2.68. The summed E-state index contributed by atoms with van der Waals surface area (Å²) in [6, 6.07) is 18.9. The van der Waals surface area contributed by atoms with Crippen molar-refractivity contribution in [3.63, 3.8) is 0 Å². The molecule has 3 aromatic rings. The van der Waals surface area contributed by atoms with Gasteiger partial charge in [-0.3, -0.25) is 0 Å². The Morgan fingerprint density at radius 2 is 1.85 bits per heavy atom. The molecule has 2 heterocycles. The van der Waals surface area contributed by atoms with Crippen molar-refractivity contribution >= 4 is 11.5 Å². The van der Waals surface area contributed by atoms with Crippen LogP contribution in [0.4, 0.5) is 11.5 Å². The summed E-state index contributed by atoms with van der Waals surface area (Å²) in [5.74, 6) is 2.64. The molecule has 0 bridgehead atoms. The summed E-state index contributed by atoms with van der Waals surface area (Å²) in [4.78, 5) is 4.61. The third-order valence-corrected chi connectivity index (χ3v) is 4.04. The smallest absolute Gasteiger partial charge is 0.231 e. The maximum Gasteiger partial charge on any atom is 0.231 e. The summed E-state index contributed by atoms with van der Waals surface area (Å²) in [6.45, 7) is 0.216. The number of nitrogens with one attached hydrogen (secondary N) is 1. The molecule has 128 valence electrons. The number of anilines is 2. The number of aromatic nitrogens is 1. The molecule has 4 rings (SSSR count). The number of nitriles is 1. The van der Waals surface area contributed by atoms with E-state index >= 15 is 0 Å². The lowest BCUT2D eigenvalue weighted by molar-refractivity contribution is 0.174. The second-order valence-corrected chi connectivity index (χ2v) is 5.63. The number of fused-ring (bicyclic) bond motifs is 1. The minimum atomic E-state index is 0.216. The molecule has 0 spiro atoms. The molecule has 0 aliphatic carbocycles. The van der Waals surface area contributed by atoms with Crippen LogP contribution in [-0.4, -0.2) is 18.9 Å². The Morgan fingerprint density at radius 3 is 2.62 bits per heavy atom. The maximum atomic E-state index is 9.39. The first kappa shape index (κ1) is 15.8. The number of ether oxygens (including phenoxy) is 3. The Hall–Kier alpha value is -3.72. The molecule has 2 aromatic carbocycles. The predicted octanol–water partition coefficient (Wildman–Crippen LogP) is 4.10. The van der Waals surface area contributed by atoms with E-state index in [9.17, 15) is 5.26 Å². The first-order valence-corrected chi connectivity index (χ1v) is 7.99. The molecule has 1 aromatic heterocycles. The van der Waals surface area contributed by atoms with Gasteiger partial charge in [0.1, 0.15) is 17.6 Å². The molecule has 26 heavy (non-hydrogen) atoms. The molecule has 0 atom stereocenters. The lowest BCUT2D eigenvalue weighted by Crippen LogP contribution is -1.98. The first-order valence-electron chi connectivity index (χ1n) is 7.99. The van der Waals surface area contributed by atoms with Crippen LogP contribution in [0.1, 0.15) is 5.56 Å². The molecule has 0 saturated heterocycles. The van der Waals surface area contributed by atoms with Gasteiger partial charge in [0.2, 0.25) is 6.79 Å². The van der Waals surface area contributed by atoms with Crippen molar-refractivity contribution in [2.24, 2.45) is 0 Å². The van der Waals surface area contributed by atoms with Crippen LogP contribution >= 0.6 is 0 Å². The van der Waals surface area contributed by atoms with Crippen molar-refractivity contribution in [1.29, 1.82) is 5.26 Å². The third-order valence-electron chi connectivity index (χ3n) is 4.04. The van der Waals surface area contributed by atoms with Crippen LogP contribution in [0, 0.1) is 11.3 Å². The SMILES string of the molecule is COc1ccc(-c2ccc(C#N)c(Nc3ccc4c(c3)OCO4)n2)cc1. The molecule has 0 fully saturated rings. The van der Waals surface area contributed by atoms with Crippen molar-refractivity contribution in [1.82, 2.24) is 4.98 Å². The minimum absolute atomic E-state index is 0.216.